The third-order valence-electron chi connectivity index (χ3n) is 6.05. The number of nitrogen functional groups attached to an aromatic ring is 1. The van der Waals surface area contributed by atoms with E-state index in [9.17, 15) is 28.0 Å². The highest BCUT2D eigenvalue weighted by molar-refractivity contribution is 7.54. The van der Waals surface area contributed by atoms with Crippen molar-refractivity contribution in [2.24, 2.45) is 11.7 Å². The van der Waals surface area contributed by atoms with E-state index in [2.05, 4.69) is 4.98 Å². The zero-order chi connectivity index (χ0) is 29.1. The van der Waals surface area contributed by atoms with Crippen LogP contribution in [0.25, 0.3) is 0 Å². The molecule has 0 bridgehead atoms. The van der Waals surface area contributed by atoms with E-state index >= 15 is 0 Å². The maximum atomic E-state index is 14.2. The van der Waals surface area contributed by atoms with Crippen LogP contribution in [-0.2, 0) is 23.4 Å². The van der Waals surface area contributed by atoms with Crippen molar-refractivity contribution in [2.45, 2.75) is 63.9 Å². The number of anilines is 1. The molecule has 2 unspecified atom stereocenters. The highest BCUT2D eigenvalue weighted by Gasteiger charge is 2.58. The number of benzene rings is 1. The molecule has 216 valence electrons. The first-order valence-electron chi connectivity index (χ1n) is 12.2. The Labute approximate surface area is 223 Å². The molecule has 0 aliphatic carbocycles. The number of carbonyl (C=O) groups excluding carboxylic acids is 1. The van der Waals surface area contributed by atoms with Crippen LogP contribution in [-0.4, -0.2) is 63.4 Å². The Morgan fingerprint density at radius 1 is 1.28 bits per heavy atom. The number of para-hydroxylation sites is 1. The second-order valence-corrected chi connectivity index (χ2v) is 11.7. The topological polar surface area (TPSA) is 178 Å². The fourth-order valence-electron chi connectivity index (χ4n) is 4.08. The van der Waals surface area contributed by atoms with Gasteiger partial charge in [0.2, 0.25) is 0 Å². The predicted octanol–water partition coefficient (Wildman–Crippen LogP) is 2.15. The van der Waals surface area contributed by atoms with Crippen molar-refractivity contribution in [3.8, 4) is 5.75 Å². The molecule has 2 aromatic rings. The fraction of sp³-hybridized carbons (Fsp3) is 0.542. The summed E-state index contributed by atoms with van der Waals surface area (Å²) in [4.78, 5) is 28.1. The van der Waals surface area contributed by atoms with E-state index < -0.39 is 85.8 Å². The number of nitrogens with zero attached hydrogens (tertiary/aromatic N) is 2. The maximum Gasteiger partial charge on any atom is 0.380 e. The number of aromatic nitrogens is 2. The first-order chi connectivity index (χ1) is 18.2. The summed E-state index contributed by atoms with van der Waals surface area (Å²) in [5.74, 6) is -3.15. The van der Waals surface area contributed by atoms with Crippen LogP contribution in [0.3, 0.4) is 0 Å². The lowest BCUT2D eigenvalue weighted by Gasteiger charge is -2.31. The Kier molecular flexibility index (Phi) is 9.50. The van der Waals surface area contributed by atoms with Gasteiger partial charge in [0.1, 0.15) is 30.2 Å². The summed E-state index contributed by atoms with van der Waals surface area (Å²) in [5.41, 5.74) is 8.09. The smallest absolute Gasteiger partial charge is 0.380 e. The monoisotopic (exact) mass is 574 g/mol. The molecule has 0 spiro atoms. The Balaban J connectivity index is 1.91. The molecule has 0 radical (unpaired) electrons. The zero-order valence-electron chi connectivity index (χ0n) is 21.9. The molecule has 12 nitrogen and oxygen atoms in total. The van der Waals surface area contributed by atoms with E-state index in [-0.39, 0.29) is 5.75 Å². The van der Waals surface area contributed by atoms with Crippen LogP contribution < -0.4 is 21.7 Å². The molecule has 1 aliphatic heterocycles. The molecule has 1 fully saturated rings. The van der Waals surface area contributed by atoms with E-state index in [4.69, 9.17) is 30.0 Å². The predicted molar refractivity (Wildman–Crippen MR) is 136 cm³/mol. The molecule has 0 amide bonds. The number of carbonyl (C=O) groups is 1. The van der Waals surface area contributed by atoms with E-state index in [1.54, 1.807) is 32.0 Å². The van der Waals surface area contributed by atoms with Crippen molar-refractivity contribution in [3.05, 3.63) is 52.8 Å². The largest absolute Gasteiger partial charge is 0.463 e. The van der Waals surface area contributed by atoms with Crippen LogP contribution in [0, 0.1) is 11.7 Å². The van der Waals surface area contributed by atoms with Gasteiger partial charge in [0, 0.05) is 0 Å². The summed E-state index contributed by atoms with van der Waals surface area (Å²) >= 11 is 0. The number of aliphatic hydroxyl groups excluding tert-OH is 1. The number of hydrogen-bond donors (Lipinski definition) is 3. The fourth-order valence-corrected chi connectivity index (χ4v) is 6.17. The van der Waals surface area contributed by atoms with Gasteiger partial charge in [0.25, 0.3) is 0 Å². The van der Waals surface area contributed by atoms with Crippen LogP contribution >= 0.6 is 7.60 Å². The van der Waals surface area contributed by atoms with Gasteiger partial charge in [-0.15, -0.1) is 0 Å². The van der Waals surface area contributed by atoms with Crippen molar-refractivity contribution in [1.29, 1.82) is 0 Å². The van der Waals surface area contributed by atoms with E-state index in [0.29, 0.717) is 10.8 Å². The summed E-state index contributed by atoms with van der Waals surface area (Å²) in [6.45, 7) is 4.78. The molecular weight excluding hydrogens is 541 g/mol. The van der Waals surface area contributed by atoms with Crippen molar-refractivity contribution < 1.29 is 41.8 Å². The summed E-state index contributed by atoms with van der Waals surface area (Å²) in [6.07, 6.45) is -6.48. The Bertz CT molecular complexity index is 1270. The first-order valence-corrected chi connectivity index (χ1v) is 13.9. The molecule has 7 atom stereocenters. The minimum absolute atomic E-state index is 0.176. The summed E-state index contributed by atoms with van der Waals surface area (Å²) in [6, 6.07) is 8.03. The molecule has 1 aromatic carbocycles. The van der Waals surface area contributed by atoms with Gasteiger partial charge in [-0.3, -0.25) is 13.9 Å². The molecule has 0 saturated carbocycles. The Morgan fingerprint density at radius 2 is 1.92 bits per heavy atom. The van der Waals surface area contributed by atoms with Crippen LogP contribution in [0.4, 0.5) is 14.6 Å². The third kappa shape index (κ3) is 6.82. The number of alkyl halides is 1. The van der Waals surface area contributed by atoms with Crippen LogP contribution in [0.2, 0.25) is 0 Å². The first kappa shape index (κ1) is 30.6. The number of aliphatic hydroxyl groups is 1. The normalized spacial score (nSPS) is 26.1. The summed E-state index contributed by atoms with van der Waals surface area (Å²) in [5, 5.41) is 11.0. The average Bonchev–Trinajstić information content (AvgIpc) is 3.12. The molecular formula is C24H33F2N4O8P. The zero-order valence-corrected chi connectivity index (χ0v) is 22.8. The van der Waals surface area contributed by atoms with Crippen molar-refractivity contribution in [3.63, 3.8) is 0 Å². The number of hydrogen-bond acceptors (Lipinski definition) is 11. The average molecular weight is 575 g/mol. The minimum Gasteiger partial charge on any atom is -0.463 e. The second-order valence-electron chi connectivity index (χ2n) is 9.70. The molecule has 39 heavy (non-hydrogen) atoms. The number of esters is 1. The van der Waals surface area contributed by atoms with Gasteiger partial charge in [0.05, 0.1) is 30.5 Å². The van der Waals surface area contributed by atoms with E-state index in [1.165, 1.54) is 26.0 Å². The van der Waals surface area contributed by atoms with E-state index in [1.807, 2.05) is 0 Å². The molecule has 5 N–H and O–H groups in total. The van der Waals surface area contributed by atoms with Crippen LogP contribution in [0.15, 0.2) is 41.3 Å². The van der Waals surface area contributed by atoms with Gasteiger partial charge in [-0.25, -0.2) is 18.1 Å². The third-order valence-corrected chi connectivity index (χ3v) is 8.19. The number of nitrogens with two attached hydrogens (primary N) is 2. The van der Waals surface area contributed by atoms with E-state index in [0.717, 1.165) is 0 Å². The number of ether oxygens (including phenoxy) is 2. The highest BCUT2D eigenvalue weighted by atomic mass is 31.2. The van der Waals surface area contributed by atoms with Crippen LogP contribution in [0.5, 0.6) is 5.75 Å². The quantitative estimate of drug-likeness (QED) is 0.265. The lowest BCUT2D eigenvalue weighted by molar-refractivity contribution is -0.151. The van der Waals surface area contributed by atoms with Gasteiger partial charge in [0.15, 0.2) is 17.9 Å². The van der Waals surface area contributed by atoms with Crippen molar-refractivity contribution in [1.82, 2.24) is 9.55 Å². The highest BCUT2D eigenvalue weighted by Crippen LogP contribution is 2.52. The summed E-state index contributed by atoms with van der Waals surface area (Å²) in [7, 11) is -4.18. The molecule has 1 aliphatic rings. The van der Waals surface area contributed by atoms with Gasteiger partial charge >= 0.3 is 19.3 Å². The second kappa shape index (κ2) is 12.1. The molecule has 2 heterocycles. The number of halogens is 2. The van der Waals surface area contributed by atoms with Gasteiger partial charge < -0.3 is 30.6 Å². The molecule has 3 rings (SSSR count). The van der Waals surface area contributed by atoms with Gasteiger partial charge in [-0.05, 0) is 32.9 Å². The Hall–Kier alpha value is -2.90. The summed E-state index contributed by atoms with van der Waals surface area (Å²) < 4.78 is 65.2. The Morgan fingerprint density at radius 3 is 2.51 bits per heavy atom. The molecule has 1 aromatic heterocycles. The molecule has 15 heteroatoms. The SMILES string of the molecule is CC(C)OC(=O)[C@H](C)CP(=O)(Oc1ccccc1)O[C@H](C)[C@H]1O[C@@H](n2cc(F)c(N)nc2=O)C(N)(CF)[C@H]1O. The lowest BCUT2D eigenvalue weighted by atomic mass is 9.91. The number of rotatable bonds is 11. The standard InChI is InChI=1S/C24H33F2N4O8P/c1-13(2)35-21(32)14(3)11-39(34,38-16-8-6-5-7-9-16)37-15(4)18-19(31)24(28,12-25)22(36-18)30-10-17(26)20(27)29-23(30)33/h5-10,13-15,18-19,22,31H,11-12,28H2,1-4H3,(H2,27,29,33)/t14-,15-,18-,19+,22-,24?,39?/m1/s1. The van der Waals surface area contributed by atoms with Crippen LogP contribution in [0.1, 0.15) is 33.9 Å². The van der Waals surface area contributed by atoms with Crippen molar-refractivity contribution in [2.75, 3.05) is 18.6 Å². The van der Waals surface area contributed by atoms with Crippen molar-refractivity contribution >= 4 is 19.4 Å². The lowest BCUT2D eigenvalue weighted by Crippen LogP contribution is -2.58. The maximum absolute atomic E-state index is 14.2. The van der Waals surface area contributed by atoms with Gasteiger partial charge in [-0.2, -0.15) is 4.98 Å². The minimum atomic E-state index is -4.18. The van der Waals surface area contributed by atoms with Gasteiger partial charge in [-0.1, -0.05) is 25.1 Å². The molecule has 1 saturated heterocycles.